The van der Waals surface area contributed by atoms with Crippen molar-refractivity contribution in [2.24, 2.45) is 0 Å². The van der Waals surface area contributed by atoms with Gasteiger partial charge in [0.1, 0.15) is 15.3 Å². The third-order valence-corrected chi connectivity index (χ3v) is 5.58. The molecule has 2 aromatic rings. The van der Waals surface area contributed by atoms with Gasteiger partial charge in [0.05, 0.1) is 13.2 Å². The van der Waals surface area contributed by atoms with Crippen LogP contribution in [0.2, 0.25) is 0 Å². The van der Waals surface area contributed by atoms with Crippen molar-refractivity contribution in [1.29, 1.82) is 5.26 Å². The second kappa shape index (κ2) is 13.0. The van der Waals surface area contributed by atoms with E-state index in [2.05, 4.69) is 22.1 Å². The van der Waals surface area contributed by atoms with E-state index in [9.17, 15) is 19.6 Å². The van der Waals surface area contributed by atoms with Crippen LogP contribution in [0.3, 0.4) is 0 Å². The SMILES string of the molecule is CCOC(=O)C(=C=c1sc(=C=CNc2cccc(NC(=O)CN(C)CC)c2)c(=O)n1CC)C#N. The second-order valence-corrected chi connectivity index (χ2v) is 8.01. The van der Waals surface area contributed by atoms with Gasteiger partial charge in [0.15, 0.2) is 5.57 Å². The number of benzene rings is 1. The number of ether oxygens (including phenoxy) is 1. The molecule has 1 aromatic carbocycles. The van der Waals surface area contributed by atoms with E-state index in [0.29, 0.717) is 29.1 Å². The molecule has 1 aromatic heterocycles. The fourth-order valence-electron chi connectivity index (χ4n) is 2.75. The first-order valence-electron chi connectivity index (χ1n) is 10.7. The lowest BCUT2D eigenvalue weighted by atomic mass is 10.2. The summed E-state index contributed by atoms with van der Waals surface area (Å²) in [6.45, 7) is 6.92. The molecule has 0 spiro atoms. The first-order chi connectivity index (χ1) is 16.3. The molecule has 2 rings (SSSR count). The summed E-state index contributed by atoms with van der Waals surface area (Å²) in [5.41, 5.74) is 6.32. The summed E-state index contributed by atoms with van der Waals surface area (Å²) in [6.07, 6.45) is 1.49. The van der Waals surface area contributed by atoms with Crippen LogP contribution in [0.4, 0.5) is 11.4 Å². The topological polar surface area (TPSA) is 116 Å². The minimum Gasteiger partial charge on any atom is -0.461 e. The zero-order chi connectivity index (χ0) is 25.1. The van der Waals surface area contributed by atoms with Crippen molar-refractivity contribution in [3.05, 3.63) is 55.6 Å². The number of esters is 1. The number of anilines is 2. The van der Waals surface area contributed by atoms with Gasteiger partial charge in [-0.3, -0.25) is 19.1 Å². The maximum Gasteiger partial charge on any atom is 0.357 e. The number of thiazole rings is 1. The smallest absolute Gasteiger partial charge is 0.357 e. The first kappa shape index (κ1) is 26.4. The van der Waals surface area contributed by atoms with Crippen LogP contribution >= 0.6 is 11.3 Å². The molecule has 10 heteroatoms. The quantitative estimate of drug-likeness (QED) is 0.314. The number of rotatable bonds is 9. The molecule has 1 heterocycles. The fraction of sp³-hybridized carbons (Fsp3) is 0.333. The Morgan fingerprint density at radius 2 is 2.00 bits per heavy atom. The maximum absolute atomic E-state index is 12.7. The second-order valence-electron chi connectivity index (χ2n) is 7.01. The van der Waals surface area contributed by atoms with Gasteiger partial charge in [-0.2, -0.15) is 5.26 Å². The maximum atomic E-state index is 12.7. The van der Waals surface area contributed by atoms with Crippen molar-refractivity contribution in [2.45, 2.75) is 27.3 Å². The van der Waals surface area contributed by atoms with E-state index in [1.54, 1.807) is 38.1 Å². The Bertz CT molecular complexity index is 1340. The van der Waals surface area contributed by atoms with Gasteiger partial charge in [0.2, 0.25) is 5.91 Å². The summed E-state index contributed by atoms with van der Waals surface area (Å²) >= 11 is 1.06. The molecule has 0 fully saturated rings. The summed E-state index contributed by atoms with van der Waals surface area (Å²) in [5, 5.41) is 15.1. The molecule has 34 heavy (non-hydrogen) atoms. The van der Waals surface area contributed by atoms with E-state index in [1.165, 1.54) is 10.8 Å². The minimum absolute atomic E-state index is 0.112. The van der Waals surface area contributed by atoms with E-state index >= 15 is 0 Å². The Hall–Kier alpha value is -3.86. The predicted molar refractivity (Wildman–Crippen MR) is 133 cm³/mol. The summed E-state index contributed by atoms with van der Waals surface area (Å²) in [7, 11) is 1.87. The van der Waals surface area contributed by atoms with Crippen molar-refractivity contribution in [2.75, 3.05) is 37.4 Å². The highest BCUT2D eigenvalue weighted by Gasteiger charge is 2.10. The van der Waals surface area contributed by atoms with Crippen LogP contribution in [0.1, 0.15) is 20.8 Å². The standard InChI is InChI=1S/C24H27N5O4S/c1-5-28(4)16-21(30)27-19-10-8-9-18(14-19)26-12-11-20-23(31)29(6-2)22(34-20)13-17(15-25)24(32)33-7-3/h8-10,12,14,26H,5-7,16H2,1-4H3,(H,27,30). The Labute approximate surface area is 201 Å². The van der Waals surface area contributed by atoms with Crippen molar-refractivity contribution in [3.8, 4) is 6.07 Å². The molecular formula is C24H27N5O4S. The van der Waals surface area contributed by atoms with Crippen molar-refractivity contribution >= 4 is 46.1 Å². The van der Waals surface area contributed by atoms with Crippen LogP contribution in [-0.4, -0.2) is 48.1 Å². The van der Waals surface area contributed by atoms with Crippen LogP contribution in [0.15, 0.2) is 40.8 Å². The molecule has 0 bridgehead atoms. The van der Waals surface area contributed by atoms with Crippen molar-refractivity contribution < 1.29 is 14.3 Å². The molecule has 9 nitrogen and oxygen atoms in total. The summed E-state index contributed by atoms with van der Waals surface area (Å²) in [4.78, 5) is 38.5. The van der Waals surface area contributed by atoms with Crippen LogP contribution < -0.4 is 25.4 Å². The highest BCUT2D eigenvalue weighted by atomic mass is 32.1. The molecule has 0 radical (unpaired) electrons. The third-order valence-electron chi connectivity index (χ3n) is 4.56. The van der Waals surface area contributed by atoms with E-state index < -0.39 is 5.97 Å². The zero-order valence-corrected chi connectivity index (χ0v) is 20.4. The van der Waals surface area contributed by atoms with E-state index in [1.807, 2.05) is 24.9 Å². The van der Waals surface area contributed by atoms with Gasteiger partial charge in [0.25, 0.3) is 5.56 Å². The Kier molecular flexibility index (Phi) is 10.1. The Morgan fingerprint density at radius 3 is 2.65 bits per heavy atom. The molecule has 2 N–H and O–H groups in total. The molecule has 0 aliphatic carbocycles. The lowest BCUT2D eigenvalue weighted by molar-refractivity contribution is -0.137. The van der Waals surface area contributed by atoms with Gasteiger partial charge in [-0.15, -0.1) is 0 Å². The van der Waals surface area contributed by atoms with E-state index in [0.717, 1.165) is 17.9 Å². The lowest BCUT2D eigenvalue weighted by Gasteiger charge is -2.13. The zero-order valence-electron chi connectivity index (χ0n) is 19.6. The minimum atomic E-state index is -0.787. The normalized spacial score (nSPS) is 10.0. The number of carbonyl (C=O) groups is 2. The number of likely N-dealkylation sites (N-methyl/N-ethyl adjacent to an activating group) is 1. The summed E-state index contributed by atoms with van der Waals surface area (Å²) in [6, 6.07) is 8.91. The molecule has 0 aliphatic heterocycles. The molecule has 0 saturated heterocycles. The summed E-state index contributed by atoms with van der Waals surface area (Å²) < 4.78 is 6.86. The Morgan fingerprint density at radius 1 is 1.26 bits per heavy atom. The van der Waals surface area contributed by atoms with Gasteiger partial charge in [0, 0.05) is 24.1 Å². The predicted octanol–water partition coefficient (Wildman–Crippen LogP) is 1.22. The monoisotopic (exact) mass is 481 g/mol. The van der Waals surface area contributed by atoms with Crippen molar-refractivity contribution in [3.63, 3.8) is 0 Å². The third kappa shape index (κ3) is 7.34. The van der Waals surface area contributed by atoms with Gasteiger partial charge in [-0.25, -0.2) is 4.79 Å². The number of nitriles is 1. The molecule has 0 atom stereocenters. The number of carbonyl (C=O) groups excluding carboxylic acids is 2. The highest BCUT2D eigenvalue weighted by molar-refractivity contribution is 7.07. The molecular weight excluding hydrogens is 454 g/mol. The Balaban J connectivity index is 2.35. The average Bonchev–Trinajstić information content (AvgIpc) is 3.11. The summed E-state index contributed by atoms with van der Waals surface area (Å²) in [5.74, 6) is -0.900. The number of nitrogens with one attached hydrogen (secondary N) is 2. The fourth-order valence-corrected chi connectivity index (χ4v) is 3.73. The molecule has 178 valence electrons. The van der Waals surface area contributed by atoms with Gasteiger partial charge >= 0.3 is 5.97 Å². The highest BCUT2D eigenvalue weighted by Crippen LogP contribution is 2.15. The first-order valence-corrected chi connectivity index (χ1v) is 11.5. The molecule has 0 unspecified atom stereocenters. The van der Waals surface area contributed by atoms with Crippen molar-refractivity contribution in [1.82, 2.24) is 9.47 Å². The number of hydrogen-bond acceptors (Lipinski definition) is 8. The molecule has 1 amide bonds. The van der Waals surface area contributed by atoms with E-state index in [-0.39, 0.29) is 28.2 Å². The number of aromatic nitrogens is 1. The number of nitrogens with zero attached hydrogens (tertiary/aromatic N) is 3. The number of hydrogen-bond donors (Lipinski definition) is 2. The number of amides is 1. The van der Waals surface area contributed by atoms with Gasteiger partial charge in [-0.05, 0) is 45.6 Å². The largest absolute Gasteiger partial charge is 0.461 e. The van der Waals surface area contributed by atoms with Gasteiger partial charge < -0.3 is 15.4 Å². The average molecular weight is 482 g/mol. The van der Waals surface area contributed by atoms with Crippen LogP contribution in [-0.2, 0) is 20.9 Å². The molecule has 0 saturated carbocycles. The molecule has 0 aliphatic rings. The lowest BCUT2D eigenvalue weighted by Crippen LogP contribution is -2.30. The van der Waals surface area contributed by atoms with Crippen LogP contribution in [0.25, 0.3) is 11.5 Å². The van der Waals surface area contributed by atoms with Crippen LogP contribution in [0, 0.1) is 11.3 Å². The van der Waals surface area contributed by atoms with E-state index in [4.69, 9.17) is 4.74 Å². The van der Waals surface area contributed by atoms with Crippen LogP contribution in [0.5, 0.6) is 0 Å². The van der Waals surface area contributed by atoms with Gasteiger partial charge in [-0.1, -0.05) is 35.8 Å².